The average molecular weight is 292 g/mol. The number of hydrogen-bond donors (Lipinski definition) is 2. The molecule has 0 aliphatic carbocycles. The number of nitrogens with zero attached hydrogens (tertiary/aromatic N) is 6. The van der Waals surface area contributed by atoms with Gasteiger partial charge in [-0.1, -0.05) is 0 Å². The molecule has 9 nitrogen and oxygen atoms in total. The van der Waals surface area contributed by atoms with Crippen LogP contribution in [0.2, 0.25) is 0 Å². The summed E-state index contributed by atoms with van der Waals surface area (Å²) in [5, 5.41) is 10.2. The first kappa shape index (κ1) is 15.1. The van der Waals surface area contributed by atoms with Gasteiger partial charge in [0.1, 0.15) is 12.7 Å². The van der Waals surface area contributed by atoms with Gasteiger partial charge in [-0.3, -0.25) is 0 Å². The maximum absolute atomic E-state index is 5.36. The van der Waals surface area contributed by atoms with E-state index >= 15 is 0 Å². The van der Waals surface area contributed by atoms with E-state index in [1.54, 1.807) is 7.11 Å². The lowest BCUT2D eigenvalue weighted by Crippen LogP contribution is -2.32. The van der Waals surface area contributed by atoms with Crippen molar-refractivity contribution >= 4 is 11.9 Å². The summed E-state index contributed by atoms with van der Waals surface area (Å²) in [6.45, 7) is 7.20. The zero-order chi connectivity index (χ0) is 15.3. The highest BCUT2D eigenvalue weighted by atomic mass is 16.5. The van der Waals surface area contributed by atoms with E-state index in [1.165, 1.54) is 17.3 Å². The van der Waals surface area contributed by atoms with Crippen LogP contribution in [0.4, 0.5) is 11.9 Å². The van der Waals surface area contributed by atoms with Crippen LogP contribution in [0, 0.1) is 0 Å². The predicted molar refractivity (Wildman–Crippen MR) is 78.5 cm³/mol. The minimum absolute atomic E-state index is 0.321. The van der Waals surface area contributed by atoms with Crippen molar-refractivity contribution in [2.45, 2.75) is 26.4 Å². The van der Waals surface area contributed by atoms with Crippen molar-refractivity contribution in [3.63, 3.8) is 0 Å². The third-order valence-electron chi connectivity index (χ3n) is 2.81. The molecule has 0 spiro atoms. The summed E-state index contributed by atoms with van der Waals surface area (Å²) < 4.78 is 6.84. The van der Waals surface area contributed by atoms with E-state index in [9.17, 15) is 0 Å². The van der Waals surface area contributed by atoms with E-state index in [0.717, 1.165) is 0 Å². The molecule has 2 N–H and O–H groups in total. The van der Waals surface area contributed by atoms with Crippen LogP contribution in [0.5, 0.6) is 0 Å². The molecule has 0 saturated carbocycles. The fourth-order valence-corrected chi connectivity index (χ4v) is 1.46. The first-order valence-corrected chi connectivity index (χ1v) is 6.68. The summed E-state index contributed by atoms with van der Waals surface area (Å²) in [6, 6.07) is 0. The molecule has 0 atom stereocenters. The highest BCUT2D eigenvalue weighted by Gasteiger charge is 2.17. The van der Waals surface area contributed by atoms with Crippen LogP contribution in [0.25, 0.3) is 5.95 Å². The van der Waals surface area contributed by atoms with E-state index in [4.69, 9.17) is 4.74 Å². The minimum atomic E-state index is -0.321. The Morgan fingerprint density at radius 3 is 2.48 bits per heavy atom. The quantitative estimate of drug-likeness (QED) is 0.769. The van der Waals surface area contributed by atoms with E-state index in [1.807, 2.05) is 20.8 Å². The maximum atomic E-state index is 5.36. The van der Waals surface area contributed by atoms with Crippen LogP contribution in [0.3, 0.4) is 0 Å². The van der Waals surface area contributed by atoms with Gasteiger partial charge in [-0.05, 0) is 20.8 Å². The Morgan fingerprint density at radius 1 is 1.19 bits per heavy atom. The molecular formula is C12H20N8O. The molecule has 0 unspecified atom stereocenters. The molecule has 0 bridgehead atoms. The Labute approximate surface area is 123 Å². The van der Waals surface area contributed by atoms with Gasteiger partial charge in [0.2, 0.25) is 11.9 Å². The van der Waals surface area contributed by atoms with E-state index in [0.29, 0.717) is 30.9 Å². The molecule has 0 saturated heterocycles. The highest BCUT2D eigenvalue weighted by molar-refractivity contribution is 5.37. The second-order valence-corrected chi connectivity index (χ2v) is 4.97. The third kappa shape index (κ3) is 4.09. The van der Waals surface area contributed by atoms with Crippen molar-refractivity contribution in [1.82, 2.24) is 29.7 Å². The second kappa shape index (κ2) is 6.44. The Balaban J connectivity index is 2.24. The fraction of sp³-hybridized carbons (Fsp3) is 0.583. The van der Waals surface area contributed by atoms with Gasteiger partial charge in [-0.2, -0.15) is 24.7 Å². The van der Waals surface area contributed by atoms with Gasteiger partial charge in [0.25, 0.3) is 5.95 Å². The number of rotatable bonds is 7. The van der Waals surface area contributed by atoms with Gasteiger partial charge < -0.3 is 15.4 Å². The van der Waals surface area contributed by atoms with E-state index < -0.39 is 0 Å². The van der Waals surface area contributed by atoms with E-state index in [2.05, 4.69) is 35.7 Å². The standard InChI is InChI=1S/C12H20N8O/c1-5-14-9-17-10(15-6-12(2,3)21-4)19-11(18-9)20-8-13-7-16-20/h7-8H,5-6H2,1-4H3,(H2,14,15,17,18,19). The number of hydrogen-bond acceptors (Lipinski definition) is 8. The minimum Gasteiger partial charge on any atom is -0.377 e. The highest BCUT2D eigenvalue weighted by Crippen LogP contribution is 2.11. The lowest BCUT2D eigenvalue weighted by Gasteiger charge is -2.23. The molecule has 2 aromatic heterocycles. The molecule has 2 heterocycles. The zero-order valence-corrected chi connectivity index (χ0v) is 12.7. The lowest BCUT2D eigenvalue weighted by molar-refractivity contribution is 0.0342. The molecule has 0 aliphatic rings. The Morgan fingerprint density at radius 2 is 1.90 bits per heavy atom. The fourth-order valence-electron chi connectivity index (χ4n) is 1.46. The Bertz CT molecular complexity index is 569. The predicted octanol–water partition coefficient (Wildman–Crippen LogP) is 0.721. The van der Waals surface area contributed by atoms with E-state index in [-0.39, 0.29) is 5.60 Å². The molecule has 0 aromatic carbocycles. The monoisotopic (exact) mass is 292 g/mol. The molecule has 0 amide bonds. The summed E-state index contributed by atoms with van der Waals surface area (Å²) in [7, 11) is 1.67. The number of methoxy groups -OCH3 is 1. The van der Waals surface area contributed by atoms with Crippen LogP contribution in [-0.2, 0) is 4.74 Å². The number of nitrogens with one attached hydrogen (secondary N) is 2. The van der Waals surface area contributed by atoms with Crippen LogP contribution in [0.1, 0.15) is 20.8 Å². The molecule has 9 heteroatoms. The topological polar surface area (TPSA) is 103 Å². The first-order chi connectivity index (χ1) is 10.0. The lowest BCUT2D eigenvalue weighted by atomic mass is 10.1. The van der Waals surface area contributed by atoms with Gasteiger partial charge in [0.05, 0.1) is 5.60 Å². The second-order valence-electron chi connectivity index (χ2n) is 4.97. The number of anilines is 2. The molecule has 0 radical (unpaired) electrons. The van der Waals surface area contributed by atoms with Crippen LogP contribution >= 0.6 is 0 Å². The van der Waals surface area contributed by atoms with Crippen molar-refractivity contribution < 1.29 is 4.74 Å². The van der Waals surface area contributed by atoms with Crippen LogP contribution in [-0.4, -0.2) is 55.5 Å². The summed E-state index contributed by atoms with van der Waals surface area (Å²) in [5.41, 5.74) is -0.321. The first-order valence-electron chi connectivity index (χ1n) is 6.68. The van der Waals surface area contributed by atoms with Crippen molar-refractivity contribution in [1.29, 1.82) is 0 Å². The summed E-state index contributed by atoms with van der Waals surface area (Å²) in [4.78, 5) is 16.8. The van der Waals surface area contributed by atoms with Crippen LogP contribution < -0.4 is 10.6 Å². The molecule has 0 aliphatic heterocycles. The molecule has 21 heavy (non-hydrogen) atoms. The van der Waals surface area contributed by atoms with Gasteiger partial charge in [-0.15, -0.1) is 0 Å². The van der Waals surface area contributed by atoms with Crippen molar-refractivity contribution in [2.75, 3.05) is 30.8 Å². The Kier molecular flexibility index (Phi) is 4.63. The van der Waals surface area contributed by atoms with Crippen molar-refractivity contribution in [3.05, 3.63) is 12.7 Å². The number of ether oxygens (including phenoxy) is 1. The zero-order valence-electron chi connectivity index (χ0n) is 12.7. The Hall–Kier alpha value is -2.29. The number of aromatic nitrogens is 6. The van der Waals surface area contributed by atoms with Gasteiger partial charge in [0, 0.05) is 20.2 Å². The van der Waals surface area contributed by atoms with Crippen LogP contribution in [0.15, 0.2) is 12.7 Å². The SMILES string of the molecule is CCNc1nc(NCC(C)(C)OC)nc(-n2cncn2)n1. The smallest absolute Gasteiger partial charge is 0.258 e. The summed E-state index contributed by atoms with van der Waals surface area (Å²) in [6.07, 6.45) is 2.96. The maximum Gasteiger partial charge on any atom is 0.258 e. The van der Waals surface area contributed by atoms with Gasteiger partial charge in [0.15, 0.2) is 0 Å². The normalized spacial score (nSPS) is 11.4. The molecule has 0 fully saturated rings. The summed E-state index contributed by atoms with van der Waals surface area (Å²) >= 11 is 0. The van der Waals surface area contributed by atoms with Gasteiger partial charge >= 0.3 is 0 Å². The van der Waals surface area contributed by atoms with Crippen molar-refractivity contribution in [3.8, 4) is 5.95 Å². The van der Waals surface area contributed by atoms with Crippen molar-refractivity contribution in [2.24, 2.45) is 0 Å². The summed E-state index contributed by atoms with van der Waals surface area (Å²) in [5.74, 6) is 1.34. The molecular weight excluding hydrogens is 272 g/mol. The van der Waals surface area contributed by atoms with Gasteiger partial charge in [-0.25, -0.2) is 4.98 Å². The molecule has 2 aromatic rings. The average Bonchev–Trinajstić information content (AvgIpc) is 3.00. The molecule has 114 valence electrons. The third-order valence-corrected chi connectivity index (χ3v) is 2.81. The largest absolute Gasteiger partial charge is 0.377 e. The molecule has 2 rings (SSSR count).